The highest BCUT2D eigenvalue weighted by Crippen LogP contribution is 2.11. The first kappa shape index (κ1) is 20.2. The summed E-state index contributed by atoms with van der Waals surface area (Å²) in [5.41, 5.74) is 0. The van der Waals surface area contributed by atoms with Crippen LogP contribution in [0.3, 0.4) is 0 Å². The van der Waals surface area contributed by atoms with E-state index < -0.39 is 0 Å². The second-order valence-electron chi connectivity index (χ2n) is 4.40. The van der Waals surface area contributed by atoms with Gasteiger partial charge in [0.05, 0.1) is 0 Å². The molecule has 1 heterocycles. The average molecular weight is 312 g/mol. The minimum Gasteiger partial charge on any atom is -0.137 e. The van der Waals surface area contributed by atoms with Gasteiger partial charge < -0.3 is 0 Å². The Balaban J connectivity index is 0.000000317. The molecule has 0 radical (unpaired) electrons. The van der Waals surface area contributed by atoms with Crippen molar-refractivity contribution in [2.45, 2.75) is 34.1 Å². The highest BCUT2D eigenvalue weighted by atomic mass is 31.0. The Bertz CT molecular complexity index is 529. The summed E-state index contributed by atoms with van der Waals surface area (Å²) in [5.74, 6) is 2.19. The third-order valence-corrected chi connectivity index (χ3v) is 3.68. The standard InChI is InChI=1S/C10H8.C5H7P.C4H8.C2H6/c1-2-6-10-8-4-3-7-9(10)5-1;1-5-3-2-4-6-5;1-3-4-2;1-2/h1-8H;2-4,6H,1H3;3H,1,4H2,2H3;1-2H3. The van der Waals surface area contributed by atoms with Gasteiger partial charge in [-0.3, -0.25) is 0 Å². The topological polar surface area (TPSA) is 0 Å². The van der Waals surface area contributed by atoms with Gasteiger partial charge >= 0.3 is 0 Å². The minimum atomic E-state index is 0.963. The lowest BCUT2D eigenvalue weighted by Crippen LogP contribution is -1.67. The zero-order valence-electron chi connectivity index (χ0n) is 14.3. The van der Waals surface area contributed by atoms with E-state index in [2.05, 4.69) is 86.9 Å². The van der Waals surface area contributed by atoms with Crippen LogP contribution in [-0.2, 0) is 0 Å². The van der Waals surface area contributed by atoms with Gasteiger partial charge in [0.2, 0.25) is 0 Å². The van der Waals surface area contributed by atoms with Crippen molar-refractivity contribution in [1.82, 2.24) is 0 Å². The maximum atomic E-state index is 3.48. The first-order chi connectivity index (χ1) is 10.8. The maximum Gasteiger partial charge on any atom is -0.0184 e. The predicted octanol–water partition coefficient (Wildman–Crippen LogP) is 7.47. The third kappa shape index (κ3) is 9.21. The molecule has 1 heteroatoms. The van der Waals surface area contributed by atoms with Gasteiger partial charge in [-0.25, -0.2) is 0 Å². The number of fused-ring (bicyclic) bond motifs is 1. The first-order valence-corrected chi connectivity index (χ1v) is 9.00. The number of hydrogen-bond donors (Lipinski definition) is 0. The normalized spacial score (nSPS) is 8.73. The van der Waals surface area contributed by atoms with Crippen molar-refractivity contribution in [2.24, 2.45) is 0 Å². The van der Waals surface area contributed by atoms with Crippen LogP contribution < -0.4 is 0 Å². The molecule has 0 saturated carbocycles. The molecule has 1 atom stereocenters. The Kier molecular flexibility index (Phi) is 13.0. The number of benzene rings is 2. The molecule has 0 aliphatic rings. The van der Waals surface area contributed by atoms with Crippen LogP contribution in [0.2, 0.25) is 0 Å². The molecule has 118 valence electrons. The van der Waals surface area contributed by atoms with E-state index in [1.807, 2.05) is 19.9 Å². The molecule has 1 aromatic heterocycles. The molecule has 3 rings (SSSR count). The molecule has 0 aliphatic carbocycles. The summed E-state index contributed by atoms with van der Waals surface area (Å²) in [5, 5.41) is 4.12. The summed E-state index contributed by atoms with van der Waals surface area (Å²) >= 11 is 0. The highest BCUT2D eigenvalue weighted by molar-refractivity contribution is 7.30. The molecular formula is C21H29P. The van der Waals surface area contributed by atoms with E-state index >= 15 is 0 Å². The highest BCUT2D eigenvalue weighted by Gasteiger charge is 1.85. The summed E-state index contributed by atoms with van der Waals surface area (Å²) in [6.45, 7) is 11.7. The molecule has 0 fully saturated rings. The Labute approximate surface area is 138 Å². The van der Waals surface area contributed by atoms with Crippen molar-refractivity contribution in [3.05, 3.63) is 84.4 Å². The molecule has 3 aromatic rings. The molecule has 1 unspecified atom stereocenters. The molecule has 0 saturated heterocycles. The monoisotopic (exact) mass is 312 g/mol. The molecule has 0 nitrogen and oxygen atoms in total. The fourth-order valence-corrected chi connectivity index (χ4v) is 2.20. The van der Waals surface area contributed by atoms with E-state index in [1.165, 1.54) is 16.1 Å². The van der Waals surface area contributed by atoms with Crippen LogP contribution in [-0.4, -0.2) is 0 Å². The van der Waals surface area contributed by atoms with Crippen LogP contribution in [0.25, 0.3) is 10.8 Å². The van der Waals surface area contributed by atoms with Crippen molar-refractivity contribution in [2.75, 3.05) is 0 Å². The molecule has 2 aromatic carbocycles. The zero-order chi connectivity index (χ0) is 16.6. The largest absolute Gasteiger partial charge is 0.137 e. The molecule has 0 aliphatic heterocycles. The van der Waals surface area contributed by atoms with Gasteiger partial charge in [0, 0.05) is 0 Å². The molecular weight excluding hydrogens is 283 g/mol. The predicted molar refractivity (Wildman–Crippen MR) is 106 cm³/mol. The first-order valence-electron chi connectivity index (χ1n) is 7.92. The Morgan fingerprint density at radius 1 is 0.864 bits per heavy atom. The molecule has 0 spiro atoms. The lowest BCUT2D eigenvalue weighted by Gasteiger charge is -1.92. The van der Waals surface area contributed by atoms with Gasteiger partial charge in [0.25, 0.3) is 0 Å². The van der Waals surface area contributed by atoms with Crippen LogP contribution in [0.1, 0.15) is 32.5 Å². The number of rotatable bonds is 1. The van der Waals surface area contributed by atoms with Crippen LogP contribution >= 0.6 is 8.19 Å². The Hall–Kier alpha value is -1.78. The molecule has 0 amide bonds. The smallest absolute Gasteiger partial charge is 0.0184 e. The van der Waals surface area contributed by atoms with Gasteiger partial charge in [-0.1, -0.05) is 87.5 Å². The lowest BCUT2D eigenvalue weighted by molar-refractivity contribution is 1.23. The summed E-state index contributed by atoms with van der Waals surface area (Å²) < 4.78 is 0. The van der Waals surface area contributed by atoms with Crippen molar-refractivity contribution >= 4 is 19.0 Å². The quantitative estimate of drug-likeness (QED) is 0.409. The van der Waals surface area contributed by atoms with Crippen LogP contribution in [0.5, 0.6) is 0 Å². The van der Waals surface area contributed by atoms with Crippen molar-refractivity contribution < 1.29 is 0 Å². The van der Waals surface area contributed by atoms with E-state index in [9.17, 15) is 0 Å². The van der Waals surface area contributed by atoms with E-state index in [-0.39, 0.29) is 0 Å². The summed E-state index contributed by atoms with van der Waals surface area (Å²) in [7, 11) is 0.963. The van der Waals surface area contributed by atoms with Gasteiger partial charge in [0.15, 0.2) is 0 Å². The molecule has 0 bridgehead atoms. The lowest BCUT2D eigenvalue weighted by atomic mass is 10.1. The maximum absolute atomic E-state index is 3.48. The summed E-state index contributed by atoms with van der Waals surface area (Å²) in [4.78, 5) is 0. The van der Waals surface area contributed by atoms with E-state index in [0.29, 0.717) is 0 Å². The fourth-order valence-electron chi connectivity index (χ4n) is 1.55. The summed E-state index contributed by atoms with van der Waals surface area (Å²) in [6.07, 6.45) is 2.96. The van der Waals surface area contributed by atoms with Crippen molar-refractivity contribution in [3.8, 4) is 0 Å². The number of aryl methyl sites for hydroxylation is 1. The third-order valence-electron chi connectivity index (χ3n) is 2.70. The van der Waals surface area contributed by atoms with Crippen LogP contribution in [0, 0.1) is 6.92 Å². The van der Waals surface area contributed by atoms with E-state index in [4.69, 9.17) is 0 Å². The number of allylic oxidation sites excluding steroid dienone is 1. The SMILES string of the molecule is C=CCC.CC.Cc1ccc[pH]1.c1ccc2ccccc2c1. The second-order valence-corrected chi connectivity index (χ2v) is 5.81. The van der Waals surface area contributed by atoms with Crippen molar-refractivity contribution in [1.29, 1.82) is 0 Å². The van der Waals surface area contributed by atoms with Crippen molar-refractivity contribution in [3.63, 3.8) is 0 Å². The summed E-state index contributed by atoms with van der Waals surface area (Å²) in [6, 6.07) is 21.0. The van der Waals surface area contributed by atoms with Gasteiger partial charge in [-0.05, 0) is 35.2 Å². The molecule has 22 heavy (non-hydrogen) atoms. The Morgan fingerprint density at radius 2 is 1.27 bits per heavy atom. The van der Waals surface area contributed by atoms with Crippen LogP contribution in [0.15, 0.2) is 79.1 Å². The second kappa shape index (κ2) is 14.2. The van der Waals surface area contributed by atoms with Gasteiger partial charge in [0.1, 0.15) is 0 Å². The zero-order valence-corrected chi connectivity index (χ0v) is 15.3. The van der Waals surface area contributed by atoms with Gasteiger partial charge in [-0.15, -0.1) is 14.8 Å². The Morgan fingerprint density at radius 3 is 1.45 bits per heavy atom. The number of hydrogen-bond acceptors (Lipinski definition) is 0. The van der Waals surface area contributed by atoms with Crippen LogP contribution in [0.4, 0.5) is 0 Å². The van der Waals surface area contributed by atoms with Gasteiger partial charge in [-0.2, -0.15) is 0 Å². The molecule has 0 N–H and O–H groups in total. The fraction of sp³-hybridized carbons (Fsp3) is 0.238. The minimum absolute atomic E-state index is 0.963. The van der Waals surface area contributed by atoms with E-state index in [0.717, 1.165) is 14.6 Å². The average Bonchev–Trinajstić information content (AvgIpc) is 3.08. The van der Waals surface area contributed by atoms with E-state index in [1.54, 1.807) is 0 Å².